The molecule has 4 aliphatic rings. The van der Waals surface area contributed by atoms with E-state index in [0.717, 1.165) is 23.2 Å². The molecule has 0 heterocycles. The highest BCUT2D eigenvalue weighted by Gasteiger charge is 2.57. The van der Waals surface area contributed by atoms with Gasteiger partial charge >= 0.3 is 0 Å². The molecule has 3 fully saturated rings. The zero-order valence-corrected chi connectivity index (χ0v) is 14.4. The molecule has 0 saturated heterocycles. The van der Waals surface area contributed by atoms with Crippen LogP contribution in [0.1, 0.15) is 89.9 Å². The SMILES string of the molecule is C1=CCC(C2CCCCC(C3CC34CCCC4)CCCC2)=C1. The van der Waals surface area contributed by atoms with Crippen LogP contribution in [-0.4, -0.2) is 0 Å². The number of hydrogen-bond donors (Lipinski definition) is 0. The van der Waals surface area contributed by atoms with Crippen molar-refractivity contribution in [1.82, 2.24) is 0 Å². The molecule has 0 nitrogen and oxygen atoms in total. The molecular formula is C22H34. The van der Waals surface area contributed by atoms with E-state index in [1.54, 1.807) is 37.7 Å². The van der Waals surface area contributed by atoms with Gasteiger partial charge in [0.25, 0.3) is 0 Å². The summed E-state index contributed by atoms with van der Waals surface area (Å²) >= 11 is 0. The third-order valence-electron chi connectivity index (χ3n) is 7.50. The largest absolute Gasteiger partial charge is 0.0805 e. The monoisotopic (exact) mass is 298 g/mol. The van der Waals surface area contributed by atoms with Gasteiger partial charge in [0.05, 0.1) is 0 Å². The van der Waals surface area contributed by atoms with Crippen LogP contribution < -0.4 is 0 Å². The Labute approximate surface area is 137 Å². The third-order valence-corrected chi connectivity index (χ3v) is 7.50. The smallest absolute Gasteiger partial charge is 0.0130 e. The van der Waals surface area contributed by atoms with Gasteiger partial charge < -0.3 is 0 Å². The van der Waals surface area contributed by atoms with Crippen LogP contribution in [0.15, 0.2) is 23.8 Å². The molecule has 4 rings (SSSR count). The third kappa shape index (κ3) is 3.08. The number of rotatable bonds is 2. The standard InChI is InChI=1S/C22H34/c1-2-10-18(9-1)19-11-3-5-13-20(14-6-4-12-19)21-17-22(21)15-7-8-16-22/h1-2,9,19-21H,3-8,10-17H2. The summed E-state index contributed by atoms with van der Waals surface area (Å²) in [6.07, 6.45) is 28.1. The Kier molecular flexibility index (Phi) is 4.47. The van der Waals surface area contributed by atoms with E-state index in [1.807, 2.05) is 0 Å². The fourth-order valence-corrected chi connectivity index (χ4v) is 6.12. The molecule has 0 aromatic heterocycles. The van der Waals surface area contributed by atoms with E-state index in [0.29, 0.717) is 0 Å². The second kappa shape index (κ2) is 6.54. The number of hydrogen-bond acceptors (Lipinski definition) is 0. The van der Waals surface area contributed by atoms with E-state index < -0.39 is 0 Å². The molecule has 1 spiro atoms. The lowest BCUT2D eigenvalue weighted by Crippen LogP contribution is -2.12. The predicted octanol–water partition coefficient (Wildman–Crippen LogP) is 6.82. The van der Waals surface area contributed by atoms with Gasteiger partial charge in [-0.2, -0.15) is 0 Å². The summed E-state index contributed by atoms with van der Waals surface area (Å²) in [4.78, 5) is 0. The highest BCUT2D eigenvalue weighted by Crippen LogP contribution is 2.66. The first-order chi connectivity index (χ1) is 10.9. The van der Waals surface area contributed by atoms with E-state index >= 15 is 0 Å². The van der Waals surface area contributed by atoms with Crippen molar-refractivity contribution in [3.63, 3.8) is 0 Å². The van der Waals surface area contributed by atoms with Gasteiger partial charge in [-0.3, -0.25) is 0 Å². The summed E-state index contributed by atoms with van der Waals surface area (Å²) in [5.74, 6) is 3.16. The first-order valence-electron chi connectivity index (χ1n) is 10.2. The fraction of sp³-hybridized carbons (Fsp3) is 0.818. The second-order valence-electron chi connectivity index (χ2n) is 8.78. The highest BCUT2D eigenvalue weighted by molar-refractivity contribution is 5.25. The van der Waals surface area contributed by atoms with Crippen LogP contribution in [0.25, 0.3) is 0 Å². The van der Waals surface area contributed by atoms with Crippen LogP contribution in [0.4, 0.5) is 0 Å². The van der Waals surface area contributed by atoms with Crippen molar-refractivity contribution < 1.29 is 0 Å². The first kappa shape index (κ1) is 15.0. The van der Waals surface area contributed by atoms with Gasteiger partial charge in [-0.05, 0) is 61.7 Å². The molecule has 3 saturated carbocycles. The zero-order valence-electron chi connectivity index (χ0n) is 14.4. The maximum absolute atomic E-state index is 2.41. The normalized spacial score (nSPS) is 38.2. The summed E-state index contributed by atoms with van der Waals surface area (Å²) in [5, 5.41) is 0. The molecule has 0 aliphatic heterocycles. The lowest BCUT2D eigenvalue weighted by atomic mass is 9.81. The van der Waals surface area contributed by atoms with Gasteiger partial charge in [0.1, 0.15) is 0 Å². The van der Waals surface area contributed by atoms with Crippen LogP contribution in [0, 0.1) is 23.2 Å². The van der Waals surface area contributed by atoms with Gasteiger partial charge in [0, 0.05) is 0 Å². The molecule has 0 bridgehead atoms. The van der Waals surface area contributed by atoms with Gasteiger partial charge in [-0.1, -0.05) is 75.2 Å². The highest BCUT2D eigenvalue weighted by atomic mass is 14.6. The van der Waals surface area contributed by atoms with E-state index in [4.69, 9.17) is 0 Å². The molecule has 22 heavy (non-hydrogen) atoms. The van der Waals surface area contributed by atoms with Gasteiger partial charge in [-0.15, -0.1) is 0 Å². The van der Waals surface area contributed by atoms with Crippen molar-refractivity contribution in [3.05, 3.63) is 23.8 Å². The Morgan fingerprint density at radius 2 is 1.50 bits per heavy atom. The minimum absolute atomic E-state index is 0.873. The Morgan fingerprint density at radius 3 is 2.14 bits per heavy atom. The molecule has 122 valence electrons. The lowest BCUT2D eigenvalue weighted by molar-refractivity contribution is 0.292. The van der Waals surface area contributed by atoms with Crippen LogP contribution in [0.2, 0.25) is 0 Å². The minimum Gasteiger partial charge on any atom is -0.0805 e. The molecule has 1 atom stereocenters. The topological polar surface area (TPSA) is 0 Å². The summed E-state index contributed by atoms with van der Waals surface area (Å²) in [5.41, 5.74) is 2.61. The first-order valence-corrected chi connectivity index (χ1v) is 10.2. The fourth-order valence-electron chi connectivity index (χ4n) is 6.12. The molecule has 4 aliphatic carbocycles. The van der Waals surface area contributed by atoms with Crippen molar-refractivity contribution >= 4 is 0 Å². The summed E-state index contributed by atoms with van der Waals surface area (Å²) in [7, 11) is 0. The van der Waals surface area contributed by atoms with E-state index in [-0.39, 0.29) is 0 Å². The van der Waals surface area contributed by atoms with Crippen LogP contribution in [-0.2, 0) is 0 Å². The van der Waals surface area contributed by atoms with Crippen molar-refractivity contribution in [1.29, 1.82) is 0 Å². The number of allylic oxidation sites excluding steroid dienone is 4. The molecule has 0 N–H and O–H groups in total. The maximum Gasteiger partial charge on any atom is -0.0130 e. The van der Waals surface area contributed by atoms with Gasteiger partial charge in [-0.25, -0.2) is 0 Å². The summed E-state index contributed by atoms with van der Waals surface area (Å²) < 4.78 is 0. The Bertz CT molecular complexity index is 423. The Morgan fingerprint density at radius 1 is 0.818 bits per heavy atom. The molecular weight excluding hydrogens is 264 g/mol. The molecule has 0 radical (unpaired) electrons. The van der Waals surface area contributed by atoms with Crippen molar-refractivity contribution in [3.8, 4) is 0 Å². The van der Waals surface area contributed by atoms with E-state index in [1.165, 1.54) is 57.8 Å². The maximum atomic E-state index is 2.41. The van der Waals surface area contributed by atoms with E-state index in [9.17, 15) is 0 Å². The van der Waals surface area contributed by atoms with Gasteiger partial charge in [0.15, 0.2) is 0 Å². The van der Waals surface area contributed by atoms with Crippen LogP contribution in [0.5, 0.6) is 0 Å². The van der Waals surface area contributed by atoms with Crippen molar-refractivity contribution in [2.45, 2.75) is 89.9 Å². The molecule has 0 aromatic rings. The van der Waals surface area contributed by atoms with E-state index in [2.05, 4.69) is 18.2 Å². The summed E-state index contributed by atoms with van der Waals surface area (Å²) in [6.45, 7) is 0. The quantitative estimate of drug-likeness (QED) is 0.524. The molecule has 1 unspecified atom stereocenters. The average molecular weight is 299 g/mol. The molecule has 0 amide bonds. The lowest BCUT2D eigenvalue weighted by Gasteiger charge is -2.24. The van der Waals surface area contributed by atoms with Gasteiger partial charge in [0.2, 0.25) is 0 Å². The van der Waals surface area contributed by atoms with Crippen LogP contribution >= 0.6 is 0 Å². The Balaban J connectivity index is 1.29. The molecule has 0 heteroatoms. The van der Waals surface area contributed by atoms with Crippen LogP contribution in [0.3, 0.4) is 0 Å². The second-order valence-corrected chi connectivity index (χ2v) is 8.78. The van der Waals surface area contributed by atoms with Crippen molar-refractivity contribution in [2.75, 3.05) is 0 Å². The minimum atomic E-state index is 0.873. The summed E-state index contributed by atoms with van der Waals surface area (Å²) in [6, 6.07) is 0. The zero-order chi connectivity index (χ0) is 14.8. The van der Waals surface area contributed by atoms with Crippen molar-refractivity contribution in [2.24, 2.45) is 23.2 Å². The Hall–Kier alpha value is -0.520. The predicted molar refractivity (Wildman–Crippen MR) is 94.8 cm³/mol. The average Bonchev–Trinajstić information content (AvgIpc) is 2.93. The molecule has 0 aromatic carbocycles.